The largest absolute Gasteiger partial charge is 0.394 e. The summed E-state index contributed by atoms with van der Waals surface area (Å²) < 4.78 is 34.3. The van der Waals surface area contributed by atoms with Crippen molar-refractivity contribution in [2.45, 2.75) is 311 Å². The van der Waals surface area contributed by atoms with E-state index >= 15 is 0 Å². The van der Waals surface area contributed by atoms with Gasteiger partial charge < -0.3 is 89.9 Å². The van der Waals surface area contributed by atoms with Crippen LogP contribution in [0.1, 0.15) is 206 Å². The summed E-state index contributed by atoms with van der Waals surface area (Å²) in [6, 6.07) is -0.979. The number of carbonyl (C=O) groups excluding carboxylic acids is 1. The molecule has 89 heavy (non-hydrogen) atoms. The second kappa shape index (κ2) is 51.2. The van der Waals surface area contributed by atoms with Gasteiger partial charge in [-0.1, -0.05) is 220 Å². The fourth-order valence-electron chi connectivity index (χ4n) is 10.9. The van der Waals surface area contributed by atoms with Gasteiger partial charge in [0, 0.05) is 6.42 Å². The third kappa shape index (κ3) is 33.4. The van der Waals surface area contributed by atoms with Crippen molar-refractivity contribution in [2.75, 3.05) is 26.4 Å². The highest BCUT2D eigenvalue weighted by atomic mass is 16.8. The Morgan fingerprint density at radius 1 is 0.416 bits per heavy atom. The van der Waals surface area contributed by atoms with Crippen LogP contribution < -0.4 is 5.32 Å². The molecule has 3 aliphatic heterocycles. The zero-order valence-corrected chi connectivity index (χ0v) is 53.9. The van der Waals surface area contributed by atoms with Crippen LogP contribution in [0, 0.1) is 0 Å². The van der Waals surface area contributed by atoms with Gasteiger partial charge in [-0.15, -0.1) is 0 Å². The van der Waals surface area contributed by atoms with Crippen LogP contribution in [0.25, 0.3) is 0 Å². The molecule has 0 radical (unpaired) electrons. The molecule has 3 saturated heterocycles. The lowest BCUT2D eigenvalue weighted by Gasteiger charge is -2.48. The highest BCUT2D eigenvalue weighted by Gasteiger charge is 2.53. The standard InChI is InChI=1S/C70H119NO18/c1-3-5-7-9-11-13-15-16-17-18-19-20-21-22-23-24-25-26-27-28-29-30-31-32-33-34-35-36-38-40-42-44-46-48-58(76)71-53(54(75)47-45-43-41-39-37-14-12-10-8-6-4-2)52-84-68-64(82)61(79)66(56(50-73)86-68)89-70-65(83)62(80)67(57(51-74)87-70)88-69-63(81)60(78)59(77)55(49-72)85-69/h5,7,11,13,16-17,19-20,22-23,25-26,28-29,45,47,53-57,59-70,72-75,77-83H,3-4,6,8-10,12,14-15,18,21,24,27,30-44,46,48-52H2,1-2H3,(H,71,76)/b7-5-,13-11-,17-16-,20-19-,23-22-,26-25-,29-28-,47-45+. The molecule has 3 aliphatic rings. The maximum atomic E-state index is 13.4. The van der Waals surface area contributed by atoms with Crippen molar-refractivity contribution in [3.8, 4) is 0 Å². The van der Waals surface area contributed by atoms with E-state index in [1.807, 2.05) is 6.08 Å². The molecule has 3 rings (SSSR count). The molecule has 0 aromatic rings. The van der Waals surface area contributed by atoms with E-state index in [4.69, 9.17) is 28.4 Å². The van der Waals surface area contributed by atoms with Gasteiger partial charge in [-0.3, -0.25) is 4.79 Å². The SMILES string of the molecule is CC/C=C\C/C=C\C/C=C\C/C=C\C/C=C\C/C=C\C/C=C\CCCCCCCCCCCCCC(=O)NC(COC1OC(CO)C(OC2OC(CO)C(OC3OC(CO)C(O)C(O)C3O)C(O)C2O)C(O)C1O)C(O)/C=C/CCCCCCCCCCC. The molecule has 0 bridgehead atoms. The minimum Gasteiger partial charge on any atom is -0.394 e. The van der Waals surface area contributed by atoms with Crippen LogP contribution >= 0.6 is 0 Å². The van der Waals surface area contributed by atoms with Crippen molar-refractivity contribution in [1.29, 1.82) is 0 Å². The number of hydrogen-bond donors (Lipinski definition) is 12. The molecule has 0 aliphatic carbocycles. The van der Waals surface area contributed by atoms with E-state index in [0.717, 1.165) is 103 Å². The van der Waals surface area contributed by atoms with E-state index in [-0.39, 0.29) is 18.9 Å². The minimum absolute atomic E-state index is 0.234. The molecule has 19 nitrogen and oxygen atoms in total. The summed E-state index contributed by atoms with van der Waals surface area (Å²) >= 11 is 0. The molecular formula is C70H119NO18. The first-order valence-electron chi connectivity index (χ1n) is 34.0. The van der Waals surface area contributed by atoms with E-state index in [2.05, 4.69) is 104 Å². The zero-order chi connectivity index (χ0) is 64.7. The second-order valence-electron chi connectivity index (χ2n) is 23.9. The van der Waals surface area contributed by atoms with Crippen molar-refractivity contribution in [2.24, 2.45) is 0 Å². The molecule has 17 atom stereocenters. The number of nitrogens with one attached hydrogen (secondary N) is 1. The Kier molecular flexibility index (Phi) is 46.0. The topological polar surface area (TPSA) is 307 Å². The highest BCUT2D eigenvalue weighted by molar-refractivity contribution is 5.76. The highest BCUT2D eigenvalue weighted by Crippen LogP contribution is 2.33. The normalized spacial score (nSPS) is 28.8. The lowest BCUT2D eigenvalue weighted by molar-refractivity contribution is -0.379. The molecule has 17 unspecified atom stereocenters. The number of amides is 1. The molecule has 512 valence electrons. The minimum atomic E-state index is -1.98. The fourth-order valence-corrected chi connectivity index (χ4v) is 10.9. The molecule has 19 heteroatoms. The van der Waals surface area contributed by atoms with Crippen LogP contribution in [0.3, 0.4) is 0 Å². The van der Waals surface area contributed by atoms with Gasteiger partial charge in [0.05, 0.1) is 38.6 Å². The van der Waals surface area contributed by atoms with Crippen LogP contribution in [0.4, 0.5) is 0 Å². The number of aliphatic hydroxyl groups excluding tert-OH is 11. The molecular weight excluding hydrogens is 1140 g/mol. The van der Waals surface area contributed by atoms with Crippen LogP contribution in [-0.2, 0) is 33.2 Å². The van der Waals surface area contributed by atoms with Crippen molar-refractivity contribution in [1.82, 2.24) is 5.32 Å². The van der Waals surface area contributed by atoms with Gasteiger partial charge in [0.1, 0.15) is 73.2 Å². The van der Waals surface area contributed by atoms with Crippen LogP contribution in [0.5, 0.6) is 0 Å². The second-order valence-corrected chi connectivity index (χ2v) is 23.9. The number of hydrogen-bond acceptors (Lipinski definition) is 18. The number of aliphatic hydroxyl groups is 11. The Balaban J connectivity index is 1.37. The first-order chi connectivity index (χ1) is 43.3. The molecule has 0 saturated carbocycles. The Morgan fingerprint density at radius 2 is 0.775 bits per heavy atom. The monoisotopic (exact) mass is 1260 g/mol. The van der Waals surface area contributed by atoms with Gasteiger partial charge >= 0.3 is 0 Å². The van der Waals surface area contributed by atoms with E-state index in [1.165, 1.54) is 77.0 Å². The molecule has 0 spiro atoms. The van der Waals surface area contributed by atoms with Crippen molar-refractivity contribution < 1.29 is 89.4 Å². The molecule has 12 N–H and O–H groups in total. The third-order valence-electron chi connectivity index (χ3n) is 16.4. The van der Waals surface area contributed by atoms with E-state index in [9.17, 15) is 61.0 Å². The van der Waals surface area contributed by atoms with Gasteiger partial charge in [0.15, 0.2) is 18.9 Å². The predicted octanol–water partition coefficient (Wildman–Crippen LogP) is 8.49. The number of ether oxygens (including phenoxy) is 6. The van der Waals surface area contributed by atoms with Crippen molar-refractivity contribution >= 4 is 5.91 Å². The Morgan fingerprint density at radius 3 is 1.21 bits per heavy atom. The summed E-state index contributed by atoms with van der Waals surface area (Å²) in [5.74, 6) is -0.285. The van der Waals surface area contributed by atoms with Crippen LogP contribution in [0.15, 0.2) is 97.2 Å². The molecule has 0 aromatic carbocycles. The molecule has 3 fully saturated rings. The number of allylic oxidation sites excluding steroid dienone is 15. The number of rotatable bonds is 50. The average molecular weight is 1260 g/mol. The number of carbonyl (C=O) groups is 1. The van der Waals surface area contributed by atoms with Crippen molar-refractivity contribution in [3.05, 3.63) is 97.2 Å². The van der Waals surface area contributed by atoms with Gasteiger partial charge in [-0.05, 0) is 77.0 Å². The van der Waals surface area contributed by atoms with Gasteiger partial charge in [-0.25, -0.2) is 0 Å². The maximum absolute atomic E-state index is 13.4. The Labute approximate surface area is 533 Å². The average Bonchev–Trinajstić information content (AvgIpc) is 1.33. The smallest absolute Gasteiger partial charge is 0.220 e. The first kappa shape index (κ1) is 79.9. The summed E-state index contributed by atoms with van der Waals surface area (Å²) in [7, 11) is 0. The summed E-state index contributed by atoms with van der Waals surface area (Å²) in [6.45, 7) is 1.57. The van der Waals surface area contributed by atoms with E-state index in [1.54, 1.807) is 6.08 Å². The van der Waals surface area contributed by atoms with Gasteiger partial charge in [-0.2, -0.15) is 0 Å². The summed E-state index contributed by atoms with van der Waals surface area (Å²) in [6.07, 6.45) is 39.7. The summed E-state index contributed by atoms with van der Waals surface area (Å²) in [5, 5.41) is 120. The predicted molar refractivity (Wildman–Crippen MR) is 346 cm³/mol. The number of unbranched alkanes of at least 4 members (excludes halogenated alkanes) is 20. The quantitative estimate of drug-likeness (QED) is 0.0201. The Bertz CT molecular complexity index is 1990. The first-order valence-corrected chi connectivity index (χ1v) is 34.0. The van der Waals surface area contributed by atoms with Crippen LogP contribution in [0.2, 0.25) is 0 Å². The lowest BCUT2D eigenvalue weighted by Crippen LogP contribution is -2.66. The molecule has 3 heterocycles. The van der Waals surface area contributed by atoms with Gasteiger partial charge in [0.2, 0.25) is 5.91 Å². The van der Waals surface area contributed by atoms with Gasteiger partial charge in [0.25, 0.3) is 0 Å². The molecule has 1 amide bonds. The third-order valence-corrected chi connectivity index (χ3v) is 16.4. The maximum Gasteiger partial charge on any atom is 0.220 e. The van der Waals surface area contributed by atoms with Crippen LogP contribution in [-0.4, -0.2) is 193 Å². The lowest BCUT2D eigenvalue weighted by atomic mass is 9.96. The summed E-state index contributed by atoms with van der Waals surface area (Å²) in [5.41, 5.74) is 0. The zero-order valence-electron chi connectivity index (χ0n) is 53.9. The van der Waals surface area contributed by atoms with Crippen molar-refractivity contribution in [3.63, 3.8) is 0 Å². The Hall–Kier alpha value is -3.29. The summed E-state index contributed by atoms with van der Waals surface area (Å²) in [4.78, 5) is 13.4. The van der Waals surface area contributed by atoms with E-state index in [0.29, 0.717) is 6.42 Å². The van der Waals surface area contributed by atoms with E-state index < -0.39 is 124 Å². The fraction of sp³-hybridized carbons (Fsp3) is 0.757. The molecule has 0 aromatic heterocycles.